The van der Waals surface area contributed by atoms with Crippen molar-refractivity contribution < 1.29 is 15.1 Å². The summed E-state index contributed by atoms with van der Waals surface area (Å²) in [7, 11) is 0. The molecule has 0 bridgehead atoms. The summed E-state index contributed by atoms with van der Waals surface area (Å²) in [5.41, 5.74) is -0.242. The van der Waals surface area contributed by atoms with Gasteiger partial charge < -0.3 is 20.4 Å². The molecule has 1 fully saturated rings. The van der Waals surface area contributed by atoms with Gasteiger partial charge in [-0.3, -0.25) is 10.1 Å². The Morgan fingerprint density at radius 2 is 2.15 bits per heavy atom. The molecule has 1 aliphatic heterocycles. The van der Waals surface area contributed by atoms with Crippen LogP contribution < -0.4 is 10.2 Å². The molecule has 1 aliphatic rings. The maximum Gasteiger partial charge on any atom is 0.329 e. The van der Waals surface area contributed by atoms with Crippen molar-refractivity contribution >= 4 is 17.5 Å². The number of aliphatic hydroxyl groups excluding tert-OH is 2. The summed E-state index contributed by atoms with van der Waals surface area (Å²) in [4.78, 5) is 20.0. The molecule has 3 N–H and O–H groups in total. The topological polar surface area (TPSA) is 125 Å². The summed E-state index contributed by atoms with van der Waals surface area (Å²) in [5, 5.41) is 33.1. The van der Waals surface area contributed by atoms with Gasteiger partial charge in [-0.05, 0) is 6.42 Å². The Balaban J connectivity index is 2.30. The fourth-order valence-electron chi connectivity index (χ4n) is 1.99. The number of aromatic nitrogens is 2. The first-order chi connectivity index (χ1) is 9.52. The van der Waals surface area contributed by atoms with Crippen molar-refractivity contribution in [2.24, 2.45) is 0 Å². The third-order valence-electron chi connectivity index (χ3n) is 3.04. The molecule has 0 aliphatic carbocycles. The van der Waals surface area contributed by atoms with Crippen LogP contribution >= 0.6 is 0 Å². The summed E-state index contributed by atoms with van der Waals surface area (Å²) >= 11 is 0. The van der Waals surface area contributed by atoms with Crippen LogP contribution in [0.5, 0.6) is 0 Å². The number of nitro groups is 1. The fourth-order valence-corrected chi connectivity index (χ4v) is 1.99. The monoisotopic (exact) mass is 283 g/mol. The molecular formula is C11H17N5O4. The van der Waals surface area contributed by atoms with Gasteiger partial charge in [0.25, 0.3) is 0 Å². The van der Waals surface area contributed by atoms with E-state index in [2.05, 4.69) is 15.3 Å². The standard InChI is InChI=1S/C11H17N5O4/c1-2-3-12-11-13-4-7(16(19)20)10(14-11)15-5-8(17)9(18)6-15/h4,8-9,17-18H,2-3,5-6H2,1H3,(H,12,13,14). The second kappa shape index (κ2) is 5.97. The number of aliphatic hydroxyl groups is 2. The van der Waals surface area contributed by atoms with E-state index < -0.39 is 17.1 Å². The van der Waals surface area contributed by atoms with Gasteiger partial charge in [0.2, 0.25) is 11.8 Å². The lowest BCUT2D eigenvalue weighted by Crippen LogP contribution is -2.24. The second-order valence-electron chi connectivity index (χ2n) is 4.63. The molecule has 2 unspecified atom stereocenters. The van der Waals surface area contributed by atoms with Gasteiger partial charge in [-0.1, -0.05) is 6.92 Å². The predicted molar refractivity (Wildman–Crippen MR) is 71.7 cm³/mol. The van der Waals surface area contributed by atoms with E-state index in [-0.39, 0.29) is 24.6 Å². The van der Waals surface area contributed by atoms with Gasteiger partial charge in [-0.15, -0.1) is 0 Å². The summed E-state index contributed by atoms with van der Waals surface area (Å²) in [6, 6.07) is 0. The number of hydrogen-bond acceptors (Lipinski definition) is 8. The van der Waals surface area contributed by atoms with E-state index in [9.17, 15) is 20.3 Å². The average Bonchev–Trinajstić information content (AvgIpc) is 2.76. The van der Waals surface area contributed by atoms with Gasteiger partial charge in [0.05, 0.1) is 17.1 Å². The lowest BCUT2D eigenvalue weighted by atomic mass is 10.3. The molecule has 1 aromatic rings. The predicted octanol–water partition coefficient (Wildman–Crippen LogP) is -0.252. The van der Waals surface area contributed by atoms with Crippen LogP contribution in [-0.4, -0.2) is 56.9 Å². The van der Waals surface area contributed by atoms with Gasteiger partial charge in [-0.2, -0.15) is 4.98 Å². The van der Waals surface area contributed by atoms with E-state index >= 15 is 0 Å². The molecule has 110 valence electrons. The molecule has 2 rings (SSSR count). The Labute approximate surface area is 115 Å². The highest BCUT2D eigenvalue weighted by molar-refractivity contribution is 5.59. The summed E-state index contributed by atoms with van der Waals surface area (Å²) < 4.78 is 0. The second-order valence-corrected chi connectivity index (χ2v) is 4.63. The molecule has 1 saturated heterocycles. The first-order valence-electron chi connectivity index (χ1n) is 6.39. The van der Waals surface area contributed by atoms with Gasteiger partial charge in [0.1, 0.15) is 6.20 Å². The van der Waals surface area contributed by atoms with Crippen molar-refractivity contribution in [2.75, 3.05) is 29.9 Å². The lowest BCUT2D eigenvalue weighted by Gasteiger charge is -2.16. The first kappa shape index (κ1) is 14.4. The van der Waals surface area contributed by atoms with Gasteiger partial charge in [-0.25, -0.2) is 4.98 Å². The molecule has 9 nitrogen and oxygen atoms in total. The van der Waals surface area contributed by atoms with Gasteiger partial charge in [0.15, 0.2) is 0 Å². The van der Waals surface area contributed by atoms with Crippen LogP contribution in [-0.2, 0) is 0 Å². The quantitative estimate of drug-likeness (QED) is 0.499. The zero-order valence-corrected chi connectivity index (χ0v) is 11.1. The first-order valence-corrected chi connectivity index (χ1v) is 6.39. The minimum Gasteiger partial charge on any atom is -0.389 e. The van der Waals surface area contributed by atoms with E-state index in [1.165, 1.54) is 4.90 Å². The lowest BCUT2D eigenvalue weighted by molar-refractivity contribution is -0.384. The molecule has 0 radical (unpaired) electrons. The molecule has 9 heteroatoms. The van der Waals surface area contributed by atoms with Crippen molar-refractivity contribution in [3.63, 3.8) is 0 Å². The normalized spacial score (nSPS) is 22.1. The number of hydrogen-bond donors (Lipinski definition) is 3. The van der Waals surface area contributed by atoms with E-state index in [1.807, 2.05) is 6.92 Å². The number of β-amino-alcohol motifs (C(OH)–C–C–N with tert-alkyl or cyclic N) is 2. The molecule has 0 spiro atoms. The Morgan fingerprint density at radius 1 is 1.50 bits per heavy atom. The van der Waals surface area contributed by atoms with Gasteiger partial charge in [0, 0.05) is 19.6 Å². The zero-order valence-electron chi connectivity index (χ0n) is 11.1. The van der Waals surface area contributed by atoms with E-state index in [1.54, 1.807) is 0 Å². The number of anilines is 2. The highest BCUT2D eigenvalue weighted by atomic mass is 16.6. The minimum atomic E-state index is -0.934. The molecule has 0 amide bonds. The molecule has 2 atom stereocenters. The van der Waals surface area contributed by atoms with Crippen molar-refractivity contribution in [3.8, 4) is 0 Å². The fraction of sp³-hybridized carbons (Fsp3) is 0.636. The average molecular weight is 283 g/mol. The third-order valence-corrected chi connectivity index (χ3v) is 3.04. The number of nitrogens with one attached hydrogen (secondary N) is 1. The molecular weight excluding hydrogens is 266 g/mol. The molecule has 0 aromatic carbocycles. The van der Waals surface area contributed by atoms with Crippen LogP contribution in [0.2, 0.25) is 0 Å². The molecule has 2 heterocycles. The Kier molecular flexibility index (Phi) is 4.30. The largest absolute Gasteiger partial charge is 0.389 e. The molecule has 1 aromatic heterocycles. The Hall–Kier alpha value is -2.00. The zero-order chi connectivity index (χ0) is 14.7. The van der Waals surface area contributed by atoms with E-state index in [0.717, 1.165) is 12.6 Å². The van der Waals surface area contributed by atoms with Crippen molar-refractivity contribution in [1.82, 2.24) is 9.97 Å². The summed E-state index contributed by atoms with van der Waals surface area (Å²) in [6.45, 7) is 2.84. The van der Waals surface area contributed by atoms with Crippen LogP contribution in [0.25, 0.3) is 0 Å². The smallest absolute Gasteiger partial charge is 0.329 e. The molecule has 0 saturated carbocycles. The maximum atomic E-state index is 11.0. The van der Waals surface area contributed by atoms with Crippen molar-refractivity contribution in [3.05, 3.63) is 16.3 Å². The minimum absolute atomic E-state index is 0.103. The highest BCUT2D eigenvalue weighted by Gasteiger charge is 2.34. The Morgan fingerprint density at radius 3 is 2.70 bits per heavy atom. The summed E-state index contributed by atoms with van der Waals surface area (Å²) in [5.74, 6) is 0.405. The van der Waals surface area contributed by atoms with Crippen LogP contribution in [0.15, 0.2) is 6.20 Å². The maximum absolute atomic E-state index is 11.0. The number of nitrogens with zero attached hydrogens (tertiary/aromatic N) is 4. The van der Waals surface area contributed by atoms with Crippen molar-refractivity contribution in [1.29, 1.82) is 0 Å². The number of rotatable bonds is 5. The van der Waals surface area contributed by atoms with Crippen LogP contribution in [0.3, 0.4) is 0 Å². The summed E-state index contributed by atoms with van der Waals surface area (Å²) in [6.07, 6.45) is 0.141. The van der Waals surface area contributed by atoms with E-state index in [4.69, 9.17) is 0 Å². The Bertz CT molecular complexity index is 488. The molecule has 20 heavy (non-hydrogen) atoms. The van der Waals surface area contributed by atoms with E-state index in [0.29, 0.717) is 12.5 Å². The van der Waals surface area contributed by atoms with Gasteiger partial charge >= 0.3 is 5.69 Å². The SMILES string of the molecule is CCCNc1ncc([N+](=O)[O-])c(N2CC(O)C(O)C2)n1. The van der Waals surface area contributed by atoms with Crippen molar-refractivity contribution in [2.45, 2.75) is 25.6 Å². The van der Waals surface area contributed by atoms with Crippen LogP contribution in [0.1, 0.15) is 13.3 Å². The van der Waals surface area contributed by atoms with Crippen LogP contribution in [0, 0.1) is 10.1 Å². The van der Waals surface area contributed by atoms with Crippen LogP contribution in [0.4, 0.5) is 17.5 Å². The highest BCUT2D eigenvalue weighted by Crippen LogP contribution is 2.29. The third kappa shape index (κ3) is 2.94.